The molecule has 1 aliphatic rings. The predicted molar refractivity (Wildman–Crippen MR) is 73.8 cm³/mol. The van der Waals surface area contributed by atoms with Crippen molar-refractivity contribution in [2.45, 2.75) is 6.92 Å². The van der Waals surface area contributed by atoms with Crippen molar-refractivity contribution in [3.05, 3.63) is 34.9 Å². The Morgan fingerprint density at radius 3 is 2.84 bits per heavy atom. The van der Waals surface area contributed by atoms with Gasteiger partial charge in [-0.25, -0.2) is 0 Å². The van der Waals surface area contributed by atoms with Crippen LogP contribution in [0.25, 0.3) is 0 Å². The molecule has 0 saturated carbocycles. The molecular weight excluding hydrogens is 240 g/mol. The Hall–Kier alpha value is -1.83. The third kappa shape index (κ3) is 3.14. The number of nitrogens with two attached hydrogens (primary N) is 1. The van der Waals surface area contributed by atoms with Gasteiger partial charge in [0.05, 0.1) is 19.8 Å². The highest BCUT2D eigenvalue weighted by Gasteiger charge is 2.20. The van der Waals surface area contributed by atoms with Gasteiger partial charge in [0, 0.05) is 24.2 Å². The summed E-state index contributed by atoms with van der Waals surface area (Å²) in [7, 11) is 0. The number of hydrogen-bond donors (Lipinski definition) is 1. The fourth-order valence-corrected chi connectivity index (χ4v) is 2.09. The van der Waals surface area contributed by atoms with E-state index in [2.05, 4.69) is 11.8 Å². The molecule has 19 heavy (non-hydrogen) atoms. The third-order valence-electron chi connectivity index (χ3n) is 3.19. The Morgan fingerprint density at radius 2 is 2.16 bits per heavy atom. The van der Waals surface area contributed by atoms with Crippen LogP contribution in [0.1, 0.15) is 21.5 Å². The second kappa shape index (κ2) is 6.37. The fraction of sp³-hybridized carbons (Fsp3) is 0.400. The van der Waals surface area contributed by atoms with Gasteiger partial charge in [0.25, 0.3) is 5.91 Å². The highest BCUT2D eigenvalue weighted by atomic mass is 16.5. The summed E-state index contributed by atoms with van der Waals surface area (Å²) in [5, 5.41) is 0. The molecule has 0 spiro atoms. The van der Waals surface area contributed by atoms with Crippen LogP contribution in [0, 0.1) is 18.8 Å². The number of carbonyl (C=O) groups is 1. The maximum absolute atomic E-state index is 12.4. The summed E-state index contributed by atoms with van der Waals surface area (Å²) >= 11 is 0. The van der Waals surface area contributed by atoms with Crippen LogP contribution in [0.5, 0.6) is 0 Å². The van der Waals surface area contributed by atoms with Crippen LogP contribution in [-0.2, 0) is 4.74 Å². The van der Waals surface area contributed by atoms with E-state index < -0.39 is 0 Å². The lowest BCUT2D eigenvalue weighted by atomic mass is 10.0. The van der Waals surface area contributed by atoms with Gasteiger partial charge in [-0.05, 0) is 24.6 Å². The van der Waals surface area contributed by atoms with Crippen LogP contribution in [0.15, 0.2) is 18.2 Å². The van der Waals surface area contributed by atoms with Crippen molar-refractivity contribution < 1.29 is 9.53 Å². The zero-order valence-electron chi connectivity index (χ0n) is 11.1. The summed E-state index contributed by atoms with van der Waals surface area (Å²) < 4.78 is 5.26. The molecular formula is C15H18N2O2. The van der Waals surface area contributed by atoms with E-state index in [9.17, 15) is 4.79 Å². The predicted octanol–water partition coefficient (Wildman–Crippen LogP) is 0.778. The maximum Gasteiger partial charge on any atom is 0.254 e. The van der Waals surface area contributed by atoms with Crippen LogP contribution in [-0.4, -0.2) is 43.7 Å². The molecule has 1 amide bonds. The SMILES string of the molecule is Cc1c(C#CCN)cccc1C(=O)N1CCOCC1. The first-order valence-electron chi connectivity index (χ1n) is 6.39. The quantitative estimate of drug-likeness (QED) is 0.757. The molecule has 0 aromatic heterocycles. The van der Waals surface area contributed by atoms with Crippen LogP contribution in [0.4, 0.5) is 0 Å². The third-order valence-corrected chi connectivity index (χ3v) is 3.19. The van der Waals surface area contributed by atoms with E-state index in [1.807, 2.05) is 30.0 Å². The minimum Gasteiger partial charge on any atom is -0.378 e. The maximum atomic E-state index is 12.4. The van der Waals surface area contributed by atoms with E-state index in [0.717, 1.165) is 11.1 Å². The van der Waals surface area contributed by atoms with Gasteiger partial charge in [0.15, 0.2) is 0 Å². The van der Waals surface area contributed by atoms with E-state index in [0.29, 0.717) is 38.4 Å². The number of benzene rings is 1. The average molecular weight is 258 g/mol. The lowest BCUT2D eigenvalue weighted by Crippen LogP contribution is -2.41. The molecule has 0 radical (unpaired) electrons. The molecule has 0 atom stereocenters. The molecule has 1 aliphatic heterocycles. The van der Waals surface area contributed by atoms with Crippen LogP contribution < -0.4 is 5.73 Å². The largest absolute Gasteiger partial charge is 0.378 e. The van der Waals surface area contributed by atoms with Crippen molar-refractivity contribution in [1.29, 1.82) is 0 Å². The van der Waals surface area contributed by atoms with Crippen molar-refractivity contribution in [2.24, 2.45) is 5.73 Å². The molecule has 4 nitrogen and oxygen atoms in total. The molecule has 1 aromatic carbocycles. The van der Waals surface area contributed by atoms with E-state index in [1.54, 1.807) is 0 Å². The molecule has 0 bridgehead atoms. The van der Waals surface area contributed by atoms with E-state index in [-0.39, 0.29) is 5.91 Å². The van der Waals surface area contributed by atoms with Gasteiger partial charge in [-0.2, -0.15) is 0 Å². The van der Waals surface area contributed by atoms with Crippen LogP contribution in [0.3, 0.4) is 0 Å². The van der Waals surface area contributed by atoms with E-state index >= 15 is 0 Å². The van der Waals surface area contributed by atoms with E-state index in [1.165, 1.54) is 0 Å². The van der Waals surface area contributed by atoms with Gasteiger partial charge in [0.1, 0.15) is 0 Å². The summed E-state index contributed by atoms with van der Waals surface area (Å²) in [6.07, 6.45) is 0. The number of amides is 1. The molecule has 0 unspecified atom stereocenters. The van der Waals surface area contributed by atoms with Crippen molar-refractivity contribution in [2.75, 3.05) is 32.8 Å². The summed E-state index contributed by atoms with van der Waals surface area (Å²) in [5.74, 6) is 5.88. The lowest BCUT2D eigenvalue weighted by molar-refractivity contribution is 0.0302. The van der Waals surface area contributed by atoms with Crippen molar-refractivity contribution >= 4 is 5.91 Å². The number of nitrogens with zero attached hydrogens (tertiary/aromatic N) is 1. The standard InChI is InChI=1S/C15H18N2O2/c1-12-13(5-3-7-16)4-2-6-14(12)15(18)17-8-10-19-11-9-17/h2,4,6H,7-11,16H2,1H3. The Bertz CT molecular complexity index is 523. The Morgan fingerprint density at radius 1 is 1.42 bits per heavy atom. The highest BCUT2D eigenvalue weighted by molar-refractivity contribution is 5.96. The minimum absolute atomic E-state index is 0.0530. The van der Waals surface area contributed by atoms with Gasteiger partial charge < -0.3 is 15.4 Å². The summed E-state index contributed by atoms with van der Waals surface area (Å²) in [5.41, 5.74) is 7.87. The molecule has 4 heteroatoms. The summed E-state index contributed by atoms with van der Waals surface area (Å²) in [6, 6.07) is 5.62. The van der Waals surface area contributed by atoms with Gasteiger partial charge in [-0.1, -0.05) is 17.9 Å². The molecule has 0 aliphatic carbocycles. The molecule has 1 heterocycles. The van der Waals surface area contributed by atoms with Gasteiger partial charge in [-0.15, -0.1) is 0 Å². The number of hydrogen-bond acceptors (Lipinski definition) is 3. The first-order valence-corrected chi connectivity index (χ1v) is 6.39. The summed E-state index contributed by atoms with van der Waals surface area (Å²) in [4.78, 5) is 14.3. The van der Waals surface area contributed by atoms with Gasteiger partial charge >= 0.3 is 0 Å². The van der Waals surface area contributed by atoms with Crippen LogP contribution >= 0.6 is 0 Å². The van der Waals surface area contributed by atoms with Crippen molar-refractivity contribution in [3.63, 3.8) is 0 Å². The van der Waals surface area contributed by atoms with Crippen molar-refractivity contribution in [3.8, 4) is 11.8 Å². The van der Waals surface area contributed by atoms with E-state index in [4.69, 9.17) is 10.5 Å². The Balaban J connectivity index is 2.26. The highest BCUT2D eigenvalue weighted by Crippen LogP contribution is 2.16. The molecule has 1 fully saturated rings. The fourth-order valence-electron chi connectivity index (χ4n) is 2.09. The average Bonchev–Trinajstić information content (AvgIpc) is 2.46. The smallest absolute Gasteiger partial charge is 0.254 e. The van der Waals surface area contributed by atoms with Crippen molar-refractivity contribution in [1.82, 2.24) is 4.90 Å². The molecule has 2 N–H and O–H groups in total. The number of rotatable bonds is 1. The summed E-state index contributed by atoms with van der Waals surface area (Å²) in [6.45, 7) is 4.76. The molecule has 2 rings (SSSR count). The molecule has 1 aromatic rings. The minimum atomic E-state index is 0.0530. The molecule has 100 valence electrons. The normalized spacial score (nSPS) is 14.7. The number of morpholine rings is 1. The topological polar surface area (TPSA) is 55.6 Å². The number of ether oxygens (including phenoxy) is 1. The van der Waals surface area contributed by atoms with Gasteiger partial charge in [0.2, 0.25) is 0 Å². The lowest BCUT2D eigenvalue weighted by Gasteiger charge is -2.27. The Kier molecular flexibility index (Phi) is 4.56. The van der Waals surface area contributed by atoms with Gasteiger partial charge in [-0.3, -0.25) is 4.79 Å². The first-order chi connectivity index (χ1) is 9.24. The number of carbonyl (C=O) groups excluding carboxylic acids is 1. The zero-order valence-corrected chi connectivity index (χ0v) is 11.1. The zero-order chi connectivity index (χ0) is 13.7. The Labute approximate surface area is 113 Å². The first kappa shape index (κ1) is 13.6. The second-order valence-electron chi connectivity index (χ2n) is 4.39. The molecule has 1 saturated heterocycles. The van der Waals surface area contributed by atoms with Crippen LogP contribution in [0.2, 0.25) is 0 Å². The monoisotopic (exact) mass is 258 g/mol. The second-order valence-corrected chi connectivity index (χ2v) is 4.39.